The number of halogens is 3. The van der Waals surface area contributed by atoms with Gasteiger partial charge in [-0.05, 0) is 38.8 Å². The number of sulfone groups is 1. The minimum Gasteiger partial charge on any atom is -0.357 e. The first-order valence-electron chi connectivity index (χ1n) is 7.88. The molecule has 1 aromatic rings. The molecule has 1 rings (SSSR count). The minimum absolute atomic E-state index is 0. The summed E-state index contributed by atoms with van der Waals surface area (Å²) in [4.78, 5) is 4.29. The summed E-state index contributed by atoms with van der Waals surface area (Å²) in [7, 11) is -3.01. The summed E-state index contributed by atoms with van der Waals surface area (Å²) in [6.45, 7) is 4.59. The summed E-state index contributed by atoms with van der Waals surface area (Å²) in [5.41, 5.74) is 0.0159. The normalized spacial score (nSPS) is 13.1. The molecule has 0 heterocycles. The Kier molecular flexibility index (Phi) is 11.2. The fraction of sp³-hybridized carbons (Fsp3) is 0.562. The van der Waals surface area contributed by atoms with Crippen molar-refractivity contribution in [1.29, 1.82) is 0 Å². The van der Waals surface area contributed by atoms with Crippen molar-refractivity contribution in [3.63, 3.8) is 0 Å². The number of nitrogens with one attached hydrogen (secondary N) is 2. The van der Waals surface area contributed by atoms with E-state index in [1.807, 2.05) is 13.8 Å². The number of hydrogen-bond acceptors (Lipinski definition) is 3. The molecule has 144 valence electrons. The number of guanidine groups is 1. The van der Waals surface area contributed by atoms with Crippen LogP contribution in [0.5, 0.6) is 0 Å². The van der Waals surface area contributed by atoms with Gasteiger partial charge in [0.05, 0.1) is 5.75 Å². The molecule has 0 aromatic heterocycles. The van der Waals surface area contributed by atoms with Crippen molar-refractivity contribution in [2.75, 3.05) is 25.1 Å². The number of hydrogen-bond donors (Lipinski definition) is 2. The van der Waals surface area contributed by atoms with Gasteiger partial charge in [-0.25, -0.2) is 17.2 Å². The van der Waals surface area contributed by atoms with Gasteiger partial charge in [0, 0.05) is 31.0 Å². The first kappa shape index (κ1) is 24.0. The predicted molar refractivity (Wildman–Crippen MR) is 108 cm³/mol. The predicted octanol–water partition coefficient (Wildman–Crippen LogP) is 2.50. The van der Waals surface area contributed by atoms with Crippen LogP contribution >= 0.6 is 24.0 Å². The Morgan fingerprint density at radius 2 is 1.88 bits per heavy atom. The zero-order valence-electron chi connectivity index (χ0n) is 14.7. The van der Waals surface area contributed by atoms with Crippen molar-refractivity contribution in [3.05, 3.63) is 35.4 Å². The van der Waals surface area contributed by atoms with Crippen LogP contribution in [0.15, 0.2) is 23.2 Å². The topological polar surface area (TPSA) is 70.6 Å². The first-order chi connectivity index (χ1) is 11.2. The van der Waals surface area contributed by atoms with Crippen molar-refractivity contribution >= 4 is 39.8 Å². The second-order valence-electron chi connectivity index (χ2n) is 5.67. The van der Waals surface area contributed by atoms with Crippen molar-refractivity contribution in [2.45, 2.75) is 32.7 Å². The summed E-state index contributed by atoms with van der Waals surface area (Å²) < 4.78 is 49.5. The van der Waals surface area contributed by atoms with Crippen LogP contribution < -0.4 is 10.6 Å². The lowest BCUT2D eigenvalue weighted by Gasteiger charge is -2.17. The average Bonchev–Trinajstić information content (AvgIpc) is 2.47. The van der Waals surface area contributed by atoms with Gasteiger partial charge in [-0.2, -0.15) is 0 Å². The molecule has 0 aliphatic carbocycles. The quantitative estimate of drug-likeness (QED) is 0.335. The van der Waals surface area contributed by atoms with Crippen molar-refractivity contribution in [3.8, 4) is 0 Å². The fourth-order valence-corrected chi connectivity index (χ4v) is 2.85. The van der Waals surface area contributed by atoms with Gasteiger partial charge in [0.2, 0.25) is 0 Å². The van der Waals surface area contributed by atoms with E-state index in [2.05, 4.69) is 15.6 Å². The Bertz CT molecular complexity index is 649. The van der Waals surface area contributed by atoms with E-state index in [0.717, 1.165) is 0 Å². The van der Waals surface area contributed by atoms with E-state index in [9.17, 15) is 17.2 Å². The van der Waals surface area contributed by atoms with Crippen LogP contribution in [-0.4, -0.2) is 45.5 Å². The van der Waals surface area contributed by atoms with Crippen LogP contribution in [0.3, 0.4) is 0 Å². The lowest BCUT2D eigenvalue weighted by Crippen LogP contribution is -2.43. The highest BCUT2D eigenvalue weighted by molar-refractivity contribution is 14.0. The summed E-state index contributed by atoms with van der Waals surface area (Å²) in [5, 5.41) is 6.12. The lowest BCUT2D eigenvalue weighted by atomic mass is 10.1. The van der Waals surface area contributed by atoms with Crippen molar-refractivity contribution < 1.29 is 17.2 Å². The number of aliphatic imine (C=N–C) groups is 1. The zero-order valence-corrected chi connectivity index (χ0v) is 17.8. The maximum Gasteiger partial charge on any atom is 0.191 e. The maximum atomic E-state index is 13.6. The van der Waals surface area contributed by atoms with Crippen LogP contribution in [0.25, 0.3) is 0 Å². The molecule has 9 heteroatoms. The highest BCUT2D eigenvalue weighted by Crippen LogP contribution is 2.12. The third kappa shape index (κ3) is 9.93. The molecule has 1 unspecified atom stereocenters. The smallest absolute Gasteiger partial charge is 0.191 e. The maximum absolute atomic E-state index is 13.6. The van der Waals surface area contributed by atoms with E-state index in [0.29, 0.717) is 18.9 Å². The fourth-order valence-electron chi connectivity index (χ4n) is 2.07. The van der Waals surface area contributed by atoms with Gasteiger partial charge in [-0.3, -0.25) is 4.99 Å². The molecule has 2 N–H and O–H groups in total. The van der Waals surface area contributed by atoms with Crippen molar-refractivity contribution in [2.24, 2.45) is 4.99 Å². The van der Waals surface area contributed by atoms with Gasteiger partial charge in [0.1, 0.15) is 21.5 Å². The first-order valence-corrected chi connectivity index (χ1v) is 9.94. The molecule has 0 saturated carbocycles. The van der Waals surface area contributed by atoms with E-state index >= 15 is 0 Å². The molecule has 0 radical (unpaired) electrons. The molecule has 0 aliphatic heterocycles. The molecule has 5 nitrogen and oxygen atoms in total. The third-order valence-corrected chi connectivity index (χ3v) is 4.32. The van der Waals surface area contributed by atoms with Crippen LogP contribution in [0.2, 0.25) is 0 Å². The monoisotopic (exact) mass is 489 g/mol. The summed E-state index contributed by atoms with van der Waals surface area (Å²) >= 11 is 0. The van der Waals surface area contributed by atoms with Crippen molar-refractivity contribution in [1.82, 2.24) is 10.6 Å². The van der Waals surface area contributed by atoms with Gasteiger partial charge in [-0.15, -0.1) is 24.0 Å². The second-order valence-corrected chi connectivity index (χ2v) is 7.93. The van der Waals surface area contributed by atoms with E-state index in [1.165, 1.54) is 24.5 Å². The molecule has 25 heavy (non-hydrogen) atoms. The number of rotatable bonds is 8. The lowest BCUT2D eigenvalue weighted by molar-refractivity contribution is 0.555. The van der Waals surface area contributed by atoms with Gasteiger partial charge in [0.25, 0.3) is 0 Å². The van der Waals surface area contributed by atoms with Crippen LogP contribution in [-0.2, 0) is 16.3 Å². The van der Waals surface area contributed by atoms with E-state index in [4.69, 9.17) is 0 Å². The molecule has 0 saturated heterocycles. The second kappa shape index (κ2) is 11.6. The summed E-state index contributed by atoms with van der Waals surface area (Å²) in [6.07, 6.45) is 1.79. The molecule has 0 bridgehead atoms. The van der Waals surface area contributed by atoms with Crippen LogP contribution in [0, 0.1) is 11.6 Å². The molecule has 0 amide bonds. The third-order valence-electron chi connectivity index (χ3n) is 3.34. The number of benzene rings is 1. The van der Waals surface area contributed by atoms with Crippen LogP contribution in [0.1, 0.15) is 25.8 Å². The largest absolute Gasteiger partial charge is 0.357 e. The van der Waals surface area contributed by atoms with Gasteiger partial charge in [-0.1, -0.05) is 6.07 Å². The Morgan fingerprint density at radius 1 is 1.28 bits per heavy atom. The van der Waals surface area contributed by atoms with Crippen LogP contribution in [0.4, 0.5) is 8.78 Å². The minimum atomic E-state index is -3.01. The average molecular weight is 489 g/mol. The molecule has 1 atom stereocenters. The Morgan fingerprint density at radius 3 is 2.40 bits per heavy atom. The SMILES string of the molecule is CCNC(=NCCc1c(F)cccc1F)NC(C)CCS(C)(=O)=O.I. The van der Waals surface area contributed by atoms with E-state index < -0.39 is 21.5 Å². The Hall–Kier alpha value is -0.970. The van der Waals surface area contributed by atoms with Gasteiger partial charge >= 0.3 is 0 Å². The molecular formula is C16H26F2IN3O2S. The van der Waals surface area contributed by atoms with E-state index in [1.54, 1.807) is 0 Å². The Labute approximate surface area is 165 Å². The molecule has 0 spiro atoms. The zero-order chi connectivity index (χ0) is 18.2. The highest BCUT2D eigenvalue weighted by Gasteiger charge is 2.10. The molecule has 1 aromatic carbocycles. The molecule has 0 aliphatic rings. The highest BCUT2D eigenvalue weighted by atomic mass is 127. The molecular weight excluding hydrogens is 463 g/mol. The number of nitrogens with zero attached hydrogens (tertiary/aromatic N) is 1. The van der Waals surface area contributed by atoms with E-state index in [-0.39, 0.29) is 54.3 Å². The Balaban J connectivity index is 0.00000576. The standard InChI is InChI=1S/C16H25F2N3O2S.HI/c1-4-19-16(21-12(2)9-11-24(3,22)23)20-10-8-13-14(17)6-5-7-15(13)18;/h5-7,12H,4,8-11H2,1-3H3,(H2,19,20,21);1H. The summed E-state index contributed by atoms with van der Waals surface area (Å²) in [5.74, 6) is -0.578. The molecule has 0 fully saturated rings. The van der Waals surface area contributed by atoms with Gasteiger partial charge in [0.15, 0.2) is 5.96 Å². The summed E-state index contributed by atoms with van der Waals surface area (Å²) in [6, 6.07) is 3.67. The van der Waals surface area contributed by atoms with Gasteiger partial charge < -0.3 is 10.6 Å².